The van der Waals surface area contributed by atoms with Crippen LogP contribution in [0.2, 0.25) is 0 Å². The minimum Gasteiger partial charge on any atom is -0.358 e. The fourth-order valence-electron chi connectivity index (χ4n) is 4.35. The maximum absolute atomic E-state index is 12.2. The minimum absolute atomic E-state index is 0.276. The van der Waals surface area contributed by atoms with Crippen molar-refractivity contribution >= 4 is 0 Å². The van der Waals surface area contributed by atoms with Crippen LogP contribution in [0.1, 0.15) is 46.5 Å². The largest absolute Gasteiger partial charge is 0.358 e. The number of ether oxygens (including phenoxy) is 1. The van der Waals surface area contributed by atoms with Crippen LogP contribution in [-0.2, 0) is 4.74 Å². The molecular formula is C18H33F2N3O. The monoisotopic (exact) mass is 345 g/mol. The average molecular weight is 345 g/mol. The van der Waals surface area contributed by atoms with E-state index >= 15 is 0 Å². The van der Waals surface area contributed by atoms with E-state index in [-0.39, 0.29) is 12.3 Å². The molecule has 0 aromatic heterocycles. The molecule has 2 atom stereocenters. The molecule has 1 heterocycles. The Labute approximate surface area is 145 Å². The van der Waals surface area contributed by atoms with Gasteiger partial charge in [-0.25, -0.2) is 0 Å². The molecular weight excluding hydrogens is 312 g/mol. The van der Waals surface area contributed by atoms with Crippen LogP contribution in [-0.4, -0.2) is 60.9 Å². The lowest BCUT2D eigenvalue weighted by molar-refractivity contribution is -0.202. The summed E-state index contributed by atoms with van der Waals surface area (Å²) in [6, 6.07) is 0.989. The van der Waals surface area contributed by atoms with Gasteiger partial charge in [-0.3, -0.25) is 4.90 Å². The first-order valence-electron chi connectivity index (χ1n) is 9.12. The summed E-state index contributed by atoms with van der Waals surface area (Å²) in [4.78, 5) is 4.68. The summed E-state index contributed by atoms with van der Waals surface area (Å²) in [6.07, 6.45) is 4.66. The van der Waals surface area contributed by atoms with Crippen molar-refractivity contribution in [1.82, 2.24) is 15.1 Å². The number of alkyl halides is 2. The number of nitrogens with zero attached hydrogens (tertiary/aromatic N) is 2. The van der Waals surface area contributed by atoms with Gasteiger partial charge in [0.05, 0.1) is 12.3 Å². The van der Waals surface area contributed by atoms with Crippen LogP contribution in [0, 0.1) is 5.92 Å². The summed E-state index contributed by atoms with van der Waals surface area (Å²) < 4.78 is 29.0. The first-order chi connectivity index (χ1) is 11.3. The van der Waals surface area contributed by atoms with Gasteiger partial charge in [-0.1, -0.05) is 6.58 Å². The van der Waals surface area contributed by atoms with E-state index in [9.17, 15) is 8.78 Å². The fourth-order valence-corrected chi connectivity index (χ4v) is 4.35. The summed E-state index contributed by atoms with van der Waals surface area (Å²) in [5.74, 6) is 0.656. The van der Waals surface area contributed by atoms with Crippen LogP contribution in [0.5, 0.6) is 0 Å². The first-order valence-corrected chi connectivity index (χ1v) is 9.12. The Balaban J connectivity index is 1.79. The number of halogens is 2. The molecule has 2 aliphatic rings. The van der Waals surface area contributed by atoms with E-state index in [1.54, 1.807) is 0 Å². The Kier molecular flexibility index (Phi) is 7.01. The molecule has 0 spiro atoms. The Morgan fingerprint density at radius 3 is 2.25 bits per heavy atom. The fraction of sp³-hybridized carbons (Fsp3) is 0.889. The van der Waals surface area contributed by atoms with Crippen molar-refractivity contribution in [1.29, 1.82) is 0 Å². The van der Waals surface area contributed by atoms with Gasteiger partial charge in [-0.05, 0) is 59.4 Å². The zero-order chi connectivity index (χ0) is 17.9. The first kappa shape index (κ1) is 19.6. The van der Waals surface area contributed by atoms with Gasteiger partial charge < -0.3 is 15.0 Å². The van der Waals surface area contributed by atoms with Gasteiger partial charge in [0, 0.05) is 30.9 Å². The third kappa shape index (κ3) is 4.67. The van der Waals surface area contributed by atoms with E-state index in [1.807, 2.05) is 7.05 Å². The summed E-state index contributed by atoms with van der Waals surface area (Å²) in [6.45, 7) is 9.34. The van der Waals surface area contributed by atoms with E-state index in [0.29, 0.717) is 31.1 Å². The topological polar surface area (TPSA) is 27.7 Å². The molecule has 1 aliphatic carbocycles. The SMILES string of the molecule is C=C(C)N(C(C)NC)[C@H](C)[C@H]1CC[C@H](N2CC(OC(F)F)C2)CC1. The zero-order valence-electron chi connectivity index (χ0n) is 15.5. The summed E-state index contributed by atoms with van der Waals surface area (Å²) >= 11 is 0. The second-order valence-electron chi connectivity index (χ2n) is 7.39. The van der Waals surface area contributed by atoms with Crippen molar-refractivity contribution in [2.45, 2.75) is 77.4 Å². The molecule has 0 aromatic carbocycles. The molecule has 0 bridgehead atoms. The van der Waals surface area contributed by atoms with Gasteiger partial charge in [-0.2, -0.15) is 8.78 Å². The van der Waals surface area contributed by atoms with Gasteiger partial charge in [0.2, 0.25) is 0 Å². The molecule has 1 saturated carbocycles. The van der Waals surface area contributed by atoms with Crippen molar-refractivity contribution in [2.24, 2.45) is 5.92 Å². The molecule has 0 amide bonds. The van der Waals surface area contributed by atoms with E-state index in [2.05, 4.69) is 47.2 Å². The van der Waals surface area contributed by atoms with Crippen molar-refractivity contribution in [3.05, 3.63) is 12.3 Å². The Bertz CT molecular complexity index is 407. The molecule has 24 heavy (non-hydrogen) atoms. The number of nitrogens with one attached hydrogen (secondary N) is 1. The molecule has 140 valence electrons. The maximum atomic E-state index is 12.2. The maximum Gasteiger partial charge on any atom is 0.345 e. The van der Waals surface area contributed by atoms with Crippen molar-refractivity contribution in [3.63, 3.8) is 0 Å². The van der Waals surface area contributed by atoms with Crippen LogP contribution < -0.4 is 5.32 Å². The molecule has 0 aromatic rings. The molecule has 1 unspecified atom stereocenters. The molecule has 4 nitrogen and oxygen atoms in total. The number of hydrogen-bond acceptors (Lipinski definition) is 4. The van der Waals surface area contributed by atoms with Crippen molar-refractivity contribution in [2.75, 3.05) is 20.1 Å². The Morgan fingerprint density at radius 2 is 1.79 bits per heavy atom. The lowest BCUT2D eigenvalue weighted by atomic mass is 9.80. The van der Waals surface area contributed by atoms with Gasteiger partial charge in [0.25, 0.3) is 0 Å². The predicted molar refractivity (Wildman–Crippen MR) is 92.8 cm³/mol. The molecule has 0 radical (unpaired) electrons. The Morgan fingerprint density at radius 1 is 1.21 bits per heavy atom. The minimum atomic E-state index is -2.64. The molecule has 2 fully saturated rings. The summed E-state index contributed by atoms with van der Waals surface area (Å²) in [7, 11) is 1.98. The molecule has 2 rings (SSSR count). The lowest BCUT2D eigenvalue weighted by Crippen LogP contribution is -2.58. The van der Waals surface area contributed by atoms with Gasteiger partial charge in [0.15, 0.2) is 0 Å². The molecule has 1 aliphatic heterocycles. The van der Waals surface area contributed by atoms with Crippen LogP contribution in [0.25, 0.3) is 0 Å². The average Bonchev–Trinajstić information content (AvgIpc) is 2.50. The van der Waals surface area contributed by atoms with E-state index in [0.717, 1.165) is 18.5 Å². The third-order valence-corrected chi connectivity index (χ3v) is 5.83. The second-order valence-corrected chi connectivity index (χ2v) is 7.39. The zero-order valence-corrected chi connectivity index (χ0v) is 15.5. The lowest BCUT2D eigenvalue weighted by Gasteiger charge is -2.48. The van der Waals surface area contributed by atoms with Crippen LogP contribution in [0.4, 0.5) is 8.78 Å². The van der Waals surface area contributed by atoms with Crippen LogP contribution in [0.3, 0.4) is 0 Å². The number of hydrogen-bond donors (Lipinski definition) is 1. The van der Waals surface area contributed by atoms with Gasteiger partial charge in [-0.15, -0.1) is 0 Å². The summed E-state index contributed by atoms with van der Waals surface area (Å²) in [5, 5.41) is 3.31. The van der Waals surface area contributed by atoms with Crippen molar-refractivity contribution in [3.8, 4) is 0 Å². The van der Waals surface area contributed by atoms with E-state index in [1.165, 1.54) is 12.8 Å². The van der Waals surface area contributed by atoms with Crippen molar-refractivity contribution < 1.29 is 13.5 Å². The van der Waals surface area contributed by atoms with E-state index < -0.39 is 6.61 Å². The van der Waals surface area contributed by atoms with Gasteiger partial charge >= 0.3 is 6.61 Å². The smallest absolute Gasteiger partial charge is 0.345 e. The Hall–Kier alpha value is -0.720. The predicted octanol–water partition coefficient (Wildman–Crippen LogP) is 3.26. The molecule has 6 heteroatoms. The number of allylic oxidation sites excluding steroid dienone is 1. The highest BCUT2D eigenvalue weighted by atomic mass is 19.3. The second kappa shape index (κ2) is 8.59. The quantitative estimate of drug-likeness (QED) is 0.684. The highest BCUT2D eigenvalue weighted by Crippen LogP contribution is 2.35. The van der Waals surface area contributed by atoms with Gasteiger partial charge in [0.1, 0.15) is 0 Å². The molecule has 1 N–H and O–H groups in total. The number of rotatable bonds is 8. The normalized spacial score (nSPS) is 28.5. The number of likely N-dealkylation sites (tertiary alicyclic amines) is 1. The van der Waals surface area contributed by atoms with E-state index in [4.69, 9.17) is 0 Å². The summed E-state index contributed by atoms with van der Waals surface area (Å²) in [5.41, 5.74) is 1.10. The highest BCUT2D eigenvalue weighted by molar-refractivity contribution is 4.97. The highest BCUT2D eigenvalue weighted by Gasteiger charge is 2.38. The van der Waals surface area contributed by atoms with Crippen LogP contribution >= 0.6 is 0 Å². The third-order valence-electron chi connectivity index (χ3n) is 5.83. The standard InChI is InChI=1S/C18H33F2N3O/c1-12(2)23(14(4)21-5)13(3)15-6-8-16(9-7-15)22-10-17(11-22)24-18(19)20/h13-18,21H,1,6-11H2,2-5H3/t13-,14?,15-,16-/m1/s1. The molecule has 1 saturated heterocycles. The van der Waals surface area contributed by atoms with Crippen LogP contribution in [0.15, 0.2) is 12.3 Å².